The van der Waals surface area contributed by atoms with Crippen molar-refractivity contribution in [1.29, 1.82) is 0 Å². The Morgan fingerprint density at radius 1 is 1.20 bits per heavy atom. The van der Waals surface area contributed by atoms with E-state index >= 15 is 0 Å². The summed E-state index contributed by atoms with van der Waals surface area (Å²) in [6, 6.07) is 8.65. The van der Waals surface area contributed by atoms with Gasteiger partial charge in [0.1, 0.15) is 0 Å². The number of rotatable bonds is 3. The average Bonchev–Trinajstić information content (AvgIpc) is 3.01. The summed E-state index contributed by atoms with van der Waals surface area (Å²) in [6.45, 7) is 9.33. The Labute approximate surface area is 124 Å². The summed E-state index contributed by atoms with van der Waals surface area (Å²) < 4.78 is 0. The lowest BCUT2D eigenvalue weighted by Gasteiger charge is -2.19. The van der Waals surface area contributed by atoms with Crippen LogP contribution in [0, 0.1) is 0 Å². The summed E-state index contributed by atoms with van der Waals surface area (Å²) in [7, 11) is 0. The molecule has 3 rings (SSSR count). The van der Waals surface area contributed by atoms with Gasteiger partial charge in [0.2, 0.25) is 0 Å². The highest BCUT2D eigenvalue weighted by Crippen LogP contribution is 2.30. The van der Waals surface area contributed by atoms with Crippen LogP contribution in [0.1, 0.15) is 37.6 Å². The van der Waals surface area contributed by atoms with Gasteiger partial charge in [-0.15, -0.1) is 11.3 Å². The predicted octanol–water partition coefficient (Wildman–Crippen LogP) is 3.55. The average molecular weight is 287 g/mol. The van der Waals surface area contributed by atoms with E-state index in [1.54, 1.807) is 11.3 Å². The number of nitrogens with one attached hydrogen (secondary N) is 1. The quantitative estimate of drug-likeness (QED) is 0.935. The molecule has 1 N–H and O–H groups in total. The first-order valence-electron chi connectivity index (χ1n) is 7.02. The fourth-order valence-corrected chi connectivity index (χ4v) is 3.17. The van der Waals surface area contributed by atoms with E-state index in [0.717, 1.165) is 30.5 Å². The third kappa shape index (κ3) is 3.02. The normalized spacial score (nSPS) is 14.7. The van der Waals surface area contributed by atoms with E-state index in [1.165, 1.54) is 11.1 Å². The van der Waals surface area contributed by atoms with Crippen LogP contribution in [0.3, 0.4) is 0 Å². The van der Waals surface area contributed by atoms with Gasteiger partial charge in [0.25, 0.3) is 0 Å². The number of nitrogens with zero attached hydrogens (tertiary/aromatic N) is 2. The van der Waals surface area contributed by atoms with Gasteiger partial charge >= 0.3 is 0 Å². The van der Waals surface area contributed by atoms with E-state index in [2.05, 4.69) is 60.6 Å². The van der Waals surface area contributed by atoms with Gasteiger partial charge in [-0.05, 0) is 31.9 Å². The maximum Gasteiger partial charge on any atom is 0.186 e. The molecular weight excluding hydrogens is 266 g/mol. The molecule has 1 aliphatic heterocycles. The van der Waals surface area contributed by atoms with Crippen LogP contribution in [0.25, 0.3) is 0 Å². The molecule has 0 unspecified atom stereocenters. The fourth-order valence-electron chi connectivity index (χ4n) is 2.35. The van der Waals surface area contributed by atoms with Gasteiger partial charge in [-0.2, -0.15) is 0 Å². The van der Waals surface area contributed by atoms with Crippen molar-refractivity contribution in [3.05, 3.63) is 46.5 Å². The Balaban J connectivity index is 1.67. The molecule has 0 saturated carbocycles. The second-order valence-corrected chi connectivity index (χ2v) is 7.19. The number of hydrogen-bond donors (Lipinski definition) is 1. The molecule has 106 valence electrons. The van der Waals surface area contributed by atoms with Crippen molar-refractivity contribution in [2.75, 3.05) is 4.90 Å². The minimum atomic E-state index is 0.133. The molecule has 0 aliphatic carbocycles. The first kappa shape index (κ1) is 13.6. The first-order valence-corrected chi connectivity index (χ1v) is 7.90. The Morgan fingerprint density at radius 2 is 1.85 bits per heavy atom. The summed E-state index contributed by atoms with van der Waals surface area (Å²) in [5.74, 6) is 0. The van der Waals surface area contributed by atoms with Crippen molar-refractivity contribution in [2.45, 2.75) is 45.9 Å². The van der Waals surface area contributed by atoms with Crippen LogP contribution < -0.4 is 10.2 Å². The third-order valence-electron chi connectivity index (χ3n) is 3.45. The van der Waals surface area contributed by atoms with Gasteiger partial charge in [0, 0.05) is 30.6 Å². The lowest BCUT2D eigenvalue weighted by atomic mass is 10.1. The van der Waals surface area contributed by atoms with Crippen molar-refractivity contribution in [3.8, 4) is 0 Å². The lowest BCUT2D eigenvalue weighted by Crippen LogP contribution is -2.35. The molecule has 0 amide bonds. The van der Waals surface area contributed by atoms with Crippen LogP contribution in [0.4, 0.5) is 5.13 Å². The number of hydrogen-bond acceptors (Lipinski definition) is 4. The zero-order valence-electron chi connectivity index (χ0n) is 12.3. The Bertz CT molecular complexity index is 573. The molecule has 4 heteroatoms. The maximum atomic E-state index is 4.76. The van der Waals surface area contributed by atoms with Gasteiger partial charge < -0.3 is 10.2 Å². The Hall–Kier alpha value is -1.39. The van der Waals surface area contributed by atoms with Crippen molar-refractivity contribution in [1.82, 2.24) is 10.3 Å². The molecular formula is C16H21N3S. The van der Waals surface area contributed by atoms with Gasteiger partial charge in [-0.25, -0.2) is 4.98 Å². The third-order valence-corrected chi connectivity index (χ3v) is 4.40. The SMILES string of the molecule is CC(C)(C)NCc1csc(N2Cc3ccccc3C2)n1. The highest BCUT2D eigenvalue weighted by Gasteiger charge is 2.21. The molecule has 0 fully saturated rings. The molecule has 0 radical (unpaired) electrons. The second kappa shape index (κ2) is 5.19. The van der Waals surface area contributed by atoms with Crippen molar-refractivity contribution in [2.24, 2.45) is 0 Å². The van der Waals surface area contributed by atoms with Gasteiger partial charge in [0.05, 0.1) is 5.69 Å². The zero-order chi connectivity index (χ0) is 14.2. The molecule has 2 heterocycles. The smallest absolute Gasteiger partial charge is 0.186 e. The predicted molar refractivity (Wildman–Crippen MR) is 85.0 cm³/mol. The Kier molecular flexibility index (Phi) is 3.52. The van der Waals surface area contributed by atoms with Crippen LogP contribution in [0.15, 0.2) is 29.6 Å². The molecule has 0 atom stereocenters. The van der Waals surface area contributed by atoms with E-state index in [4.69, 9.17) is 4.98 Å². The summed E-state index contributed by atoms with van der Waals surface area (Å²) >= 11 is 1.74. The number of fused-ring (bicyclic) bond motifs is 1. The lowest BCUT2D eigenvalue weighted by molar-refractivity contribution is 0.422. The monoisotopic (exact) mass is 287 g/mol. The van der Waals surface area contributed by atoms with Crippen molar-refractivity contribution < 1.29 is 0 Å². The van der Waals surface area contributed by atoms with E-state index in [0.29, 0.717) is 0 Å². The highest BCUT2D eigenvalue weighted by atomic mass is 32.1. The minimum absolute atomic E-state index is 0.133. The van der Waals surface area contributed by atoms with Gasteiger partial charge in [0.15, 0.2) is 5.13 Å². The molecule has 2 aromatic rings. The topological polar surface area (TPSA) is 28.2 Å². The summed E-state index contributed by atoms with van der Waals surface area (Å²) in [5.41, 5.74) is 4.12. The van der Waals surface area contributed by atoms with Crippen LogP contribution >= 0.6 is 11.3 Å². The van der Waals surface area contributed by atoms with Crippen LogP contribution in [0.5, 0.6) is 0 Å². The number of anilines is 1. The standard InChI is InChI=1S/C16H21N3S/c1-16(2,3)17-8-14-11-20-15(18-14)19-9-12-6-4-5-7-13(12)10-19/h4-7,11,17H,8-10H2,1-3H3. The van der Waals surface area contributed by atoms with E-state index < -0.39 is 0 Å². The molecule has 20 heavy (non-hydrogen) atoms. The minimum Gasteiger partial charge on any atom is -0.339 e. The molecule has 0 bridgehead atoms. The second-order valence-electron chi connectivity index (χ2n) is 6.35. The molecule has 1 aliphatic rings. The highest BCUT2D eigenvalue weighted by molar-refractivity contribution is 7.13. The van der Waals surface area contributed by atoms with Gasteiger partial charge in [-0.1, -0.05) is 24.3 Å². The van der Waals surface area contributed by atoms with Crippen LogP contribution in [-0.4, -0.2) is 10.5 Å². The van der Waals surface area contributed by atoms with E-state index in [9.17, 15) is 0 Å². The number of aromatic nitrogens is 1. The summed E-state index contributed by atoms with van der Waals surface area (Å²) in [4.78, 5) is 7.12. The van der Waals surface area contributed by atoms with Gasteiger partial charge in [-0.3, -0.25) is 0 Å². The van der Waals surface area contributed by atoms with E-state index in [-0.39, 0.29) is 5.54 Å². The van der Waals surface area contributed by atoms with E-state index in [1.807, 2.05) is 0 Å². The number of benzene rings is 1. The molecule has 1 aromatic heterocycles. The molecule has 3 nitrogen and oxygen atoms in total. The molecule has 1 aromatic carbocycles. The van der Waals surface area contributed by atoms with Crippen molar-refractivity contribution >= 4 is 16.5 Å². The number of thiazole rings is 1. The largest absolute Gasteiger partial charge is 0.339 e. The zero-order valence-corrected chi connectivity index (χ0v) is 13.1. The van der Waals surface area contributed by atoms with Crippen LogP contribution in [0.2, 0.25) is 0 Å². The summed E-state index contributed by atoms with van der Waals surface area (Å²) in [6.07, 6.45) is 0. The van der Waals surface area contributed by atoms with Crippen molar-refractivity contribution in [3.63, 3.8) is 0 Å². The van der Waals surface area contributed by atoms with Crippen LogP contribution in [-0.2, 0) is 19.6 Å². The first-order chi connectivity index (χ1) is 9.51. The fraction of sp³-hybridized carbons (Fsp3) is 0.438. The summed E-state index contributed by atoms with van der Waals surface area (Å²) in [5, 5.41) is 6.78. The maximum absolute atomic E-state index is 4.76. The molecule has 0 saturated heterocycles. The molecule has 0 spiro atoms. The Morgan fingerprint density at radius 3 is 2.45 bits per heavy atom.